The third-order valence-corrected chi connectivity index (χ3v) is 2.91. The van der Waals surface area contributed by atoms with Crippen LogP contribution in [0.3, 0.4) is 0 Å². The summed E-state index contributed by atoms with van der Waals surface area (Å²) in [6.45, 7) is 3.79. The maximum Gasteiger partial charge on any atom is 0.243 e. The predicted octanol–water partition coefficient (Wildman–Crippen LogP) is 2.28. The Morgan fingerprint density at radius 3 is 2.19 bits per heavy atom. The molecular weight excluding hydrogens is 207 g/mol. The molecule has 0 spiro atoms. The van der Waals surface area contributed by atoms with Crippen molar-refractivity contribution in [3.05, 3.63) is 30.1 Å². The fraction of sp³-hybridized carbons (Fsp3) is 0.417. The summed E-state index contributed by atoms with van der Waals surface area (Å²) in [6, 6.07) is 5.88. The summed E-state index contributed by atoms with van der Waals surface area (Å²) < 4.78 is 12.7. The van der Waals surface area contributed by atoms with E-state index in [2.05, 4.69) is 5.32 Å². The van der Waals surface area contributed by atoms with E-state index in [4.69, 9.17) is 5.73 Å². The Balaban J connectivity index is 2.91. The first kappa shape index (κ1) is 12.5. The van der Waals surface area contributed by atoms with Gasteiger partial charge in [0.25, 0.3) is 0 Å². The summed E-state index contributed by atoms with van der Waals surface area (Å²) in [4.78, 5) is 11.4. The van der Waals surface area contributed by atoms with Crippen molar-refractivity contribution in [2.24, 2.45) is 5.73 Å². The topological polar surface area (TPSA) is 55.1 Å². The number of nitrogens with one attached hydrogen (secondary N) is 1. The highest BCUT2D eigenvalue weighted by molar-refractivity contribution is 5.87. The molecule has 0 aliphatic carbocycles. The summed E-state index contributed by atoms with van der Waals surface area (Å²) in [5, 5.41) is 3.08. The van der Waals surface area contributed by atoms with E-state index in [0.29, 0.717) is 18.5 Å². The van der Waals surface area contributed by atoms with Gasteiger partial charge in [-0.2, -0.15) is 0 Å². The van der Waals surface area contributed by atoms with E-state index < -0.39 is 5.54 Å². The summed E-state index contributed by atoms with van der Waals surface area (Å²) in [7, 11) is 0. The number of hydrogen-bond acceptors (Lipinski definition) is 2. The van der Waals surface area contributed by atoms with Gasteiger partial charge in [0.15, 0.2) is 0 Å². The first-order chi connectivity index (χ1) is 7.54. The second-order valence-electron chi connectivity index (χ2n) is 3.79. The molecule has 3 nitrogen and oxygen atoms in total. The van der Waals surface area contributed by atoms with Crippen molar-refractivity contribution in [3.63, 3.8) is 0 Å². The van der Waals surface area contributed by atoms with Gasteiger partial charge in [-0.1, -0.05) is 13.8 Å². The largest absolute Gasteiger partial charge is 0.371 e. The van der Waals surface area contributed by atoms with Crippen LogP contribution in [0.2, 0.25) is 0 Å². The molecule has 0 fully saturated rings. The van der Waals surface area contributed by atoms with Crippen molar-refractivity contribution >= 4 is 11.6 Å². The van der Waals surface area contributed by atoms with Crippen molar-refractivity contribution in [1.82, 2.24) is 0 Å². The van der Waals surface area contributed by atoms with E-state index in [0.717, 1.165) is 0 Å². The Morgan fingerprint density at radius 1 is 1.31 bits per heavy atom. The van der Waals surface area contributed by atoms with Gasteiger partial charge in [-0.25, -0.2) is 4.39 Å². The second-order valence-corrected chi connectivity index (χ2v) is 3.79. The molecule has 0 heterocycles. The maximum absolute atomic E-state index is 12.7. The van der Waals surface area contributed by atoms with Gasteiger partial charge in [-0.05, 0) is 37.1 Å². The number of halogens is 1. The standard InChI is InChI=1S/C12H17FN2O/c1-3-12(4-2,11(14)16)15-10-7-5-9(13)6-8-10/h5-8,15H,3-4H2,1-2H3,(H2,14,16). The lowest BCUT2D eigenvalue weighted by Crippen LogP contribution is -2.49. The lowest BCUT2D eigenvalue weighted by Gasteiger charge is -2.30. The molecule has 0 radical (unpaired) electrons. The predicted molar refractivity (Wildman–Crippen MR) is 62.5 cm³/mol. The van der Waals surface area contributed by atoms with E-state index in [1.54, 1.807) is 12.1 Å². The Morgan fingerprint density at radius 2 is 1.81 bits per heavy atom. The summed E-state index contributed by atoms with van der Waals surface area (Å²) in [5.74, 6) is -0.690. The van der Waals surface area contributed by atoms with Crippen LogP contribution >= 0.6 is 0 Å². The van der Waals surface area contributed by atoms with E-state index in [9.17, 15) is 9.18 Å². The quantitative estimate of drug-likeness (QED) is 0.806. The Bertz CT molecular complexity index is 358. The fourth-order valence-corrected chi connectivity index (χ4v) is 1.65. The Labute approximate surface area is 94.8 Å². The Hall–Kier alpha value is -1.58. The lowest BCUT2D eigenvalue weighted by atomic mass is 9.91. The van der Waals surface area contributed by atoms with E-state index >= 15 is 0 Å². The van der Waals surface area contributed by atoms with Crippen molar-refractivity contribution in [2.75, 3.05) is 5.32 Å². The smallest absolute Gasteiger partial charge is 0.243 e. The number of nitrogens with two attached hydrogens (primary N) is 1. The van der Waals surface area contributed by atoms with Gasteiger partial charge in [-0.15, -0.1) is 0 Å². The first-order valence-corrected chi connectivity index (χ1v) is 5.37. The molecule has 0 bridgehead atoms. The van der Waals surface area contributed by atoms with Crippen molar-refractivity contribution in [1.29, 1.82) is 0 Å². The molecule has 0 atom stereocenters. The van der Waals surface area contributed by atoms with Crippen LogP contribution in [0.1, 0.15) is 26.7 Å². The molecule has 0 aromatic heterocycles. The van der Waals surface area contributed by atoms with E-state index in [-0.39, 0.29) is 11.7 Å². The molecule has 0 saturated heterocycles. The number of primary amides is 1. The highest BCUT2D eigenvalue weighted by Gasteiger charge is 2.32. The second kappa shape index (κ2) is 4.96. The highest BCUT2D eigenvalue weighted by atomic mass is 19.1. The van der Waals surface area contributed by atoms with Gasteiger partial charge in [0.1, 0.15) is 11.4 Å². The van der Waals surface area contributed by atoms with Gasteiger partial charge in [0.05, 0.1) is 0 Å². The molecule has 0 aliphatic rings. The number of benzene rings is 1. The van der Waals surface area contributed by atoms with Crippen LogP contribution in [0.25, 0.3) is 0 Å². The van der Waals surface area contributed by atoms with Crippen molar-refractivity contribution in [2.45, 2.75) is 32.2 Å². The average molecular weight is 224 g/mol. The maximum atomic E-state index is 12.7. The average Bonchev–Trinajstić information content (AvgIpc) is 2.28. The third-order valence-electron chi connectivity index (χ3n) is 2.91. The molecule has 1 aromatic rings. The van der Waals surface area contributed by atoms with Crippen LogP contribution in [0.4, 0.5) is 10.1 Å². The summed E-state index contributed by atoms with van der Waals surface area (Å²) in [6.07, 6.45) is 1.19. The summed E-state index contributed by atoms with van der Waals surface area (Å²) in [5.41, 5.74) is 5.34. The van der Waals surface area contributed by atoms with Crippen LogP contribution in [0, 0.1) is 5.82 Å². The number of amides is 1. The van der Waals surface area contributed by atoms with Gasteiger partial charge >= 0.3 is 0 Å². The number of rotatable bonds is 5. The van der Waals surface area contributed by atoms with E-state index in [1.807, 2.05) is 13.8 Å². The van der Waals surface area contributed by atoms with Crippen LogP contribution in [0.5, 0.6) is 0 Å². The van der Waals surface area contributed by atoms with Crippen LogP contribution < -0.4 is 11.1 Å². The normalized spacial score (nSPS) is 11.2. The highest BCUT2D eigenvalue weighted by Crippen LogP contribution is 2.22. The molecule has 1 rings (SSSR count). The minimum absolute atomic E-state index is 0.303. The van der Waals surface area contributed by atoms with Gasteiger partial charge in [0, 0.05) is 5.69 Å². The number of anilines is 1. The van der Waals surface area contributed by atoms with Gasteiger partial charge < -0.3 is 11.1 Å². The molecule has 3 N–H and O–H groups in total. The zero-order valence-electron chi connectivity index (χ0n) is 9.59. The number of hydrogen-bond donors (Lipinski definition) is 2. The molecule has 1 amide bonds. The lowest BCUT2D eigenvalue weighted by molar-refractivity contribution is -0.122. The molecule has 4 heteroatoms. The third kappa shape index (κ3) is 2.51. The molecule has 0 saturated carbocycles. The first-order valence-electron chi connectivity index (χ1n) is 5.37. The summed E-state index contributed by atoms with van der Waals surface area (Å²) >= 11 is 0. The zero-order chi connectivity index (χ0) is 12.2. The molecule has 1 aromatic carbocycles. The monoisotopic (exact) mass is 224 g/mol. The molecule has 0 unspecified atom stereocenters. The van der Waals surface area contributed by atoms with Crippen LogP contribution in [-0.2, 0) is 4.79 Å². The van der Waals surface area contributed by atoms with Gasteiger partial charge in [-0.3, -0.25) is 4.79 Å². The molecule has 0 aliphatic heterocycles. The fourth-order valence-electron chi connectivity index (χ4n) is 1.65. The molecular formula is C12H17FN2O. The number of carbonyl (C=O) groups excluding carboxylic acids is 1. The molecule has 88 valence electrons. The zero-order valence-corrected chi connectivity index (χ0v) is 9.59. The SMILES string of the molecule is CCC(CC)(Nc1ccc(F)cc1)C(N)=O. The van der Waals surface area contributed by atoms with E-state index in [1.165, 1.54) is 12.1 Å². The molecule has 16 heavy (non-hydrogen) atoms. The van der Waals surface area contributed by atoms with Crippen molar-refractivity contribution in [3.8, 4) is 0 Å². The van der Waals surface area contributed by atoms with Gasteiger partial charge in [0.2, 0.25) is 5.91 Å². The number of carbonyl (C=O) groups is 1. The van der Waals surface area contributed by atoms with Crippen LogP contribution in [-0.4, -0.2) is 11.4 Å². The van der Waals surface area contributed by atoms with Crippen LogP contribution in [0.15, 0.2) is 24.3 Å². The Kier molecular flexibility index (Phi) is 3.88. The minimum Gasteiger partial charge on any atom is -0.371 e. The van der Waals surface area contributed by atoms with Crippen molar-refractivity contribution < 1.29 is 9.18 Å². The minimum atomic E-state index is -0.752.